The number of aliphatic hydroxyl groups is 1. The minimum atomic E-state index is -0.241. The molecule has 2 aliphatic rings. The van der Waals surface area contributed by atoms with Gasteiger partial charge in [-0.2, -0.15) is 10.1 Å². The van der Waals surface area contributed by atoms with Crippen LogP contribution in [0.2, 0.25) is 0 Å². The van der Waals surface area contributed by atoms with E-state index in [2.05, 4.69) is 19.9 Å². The standard InChI is InChI=1S/C21H27N7O2S/c1-11-7-23-16(12(2)18(11)30-3)9-28-19-17-15(26-28)6-13(27-5-4-14(29)8-27)10-31-20(17)25-21(22)24-19/h7,13-14,29H,4-6,8-10H2,1-3H3,(H2,22,24,25)/t13?,14-/m1/s1. The van der Waals surface area contributed by atoms with Crippen LogP contribution in [-0.4, -0.2) is 72.8 Å². The fourth-order valence-corrected chi connectivity index (χ4v) is 5.84. The highest BCUT2D eigenvalue weighted by molar-refractivity contribution is 7.99. The fraction of sp³-hybridized carbons (Fsp3) is 0.524. The Hall–Kier alpha value is -2.43. The van der Waals surface area contributed by atoms with E-state index in [1.807, 2.05) is 24.7 Å². The van der Waals surface area contributed by atoms with E-state index in [9.17, 15) is 5.11 Å². The van der Waals surface area contributed by atoms with Crippen LogP contribution in [-0.2, 0) is 13.0 Å². The molecule has 1 fully saturated rings. The van der Waals surface area contributed by atoms with Gasteiger partial charge in [-0.1, -0.05) is 0 Å². The molecular weight excluding hydrogens is 414 g/mol. The van der Waals surface area contributed by atoms with E-state index >= 15 is 0 Å². The van der Waals surface area contributed by atoms with Gasteiger partial charge in [0, 0.05) is 48.6 Å². The number of thioether (sulfide) groups is 1. The third kappa shape index (κ3) is 3.62. The van der Waals surface area contributed by atoms with Crippen LogP contribution in [0.1, 0.15) is 28.9 Å². The van der Waals surface area contributed by atoms with Gasteiger partial charge in [-0.05, 0) is 20.3 Å². The highest BCUT2D eigenvalue weighted by atomic mass is 32.2. The number of pyridine rings is 1. The Kier molecular flexibility index (Phi) is 5.23. The highest BCUT2D eigenvalue weighted by Gasteiger charge is 2.32. The second kappa shape index (κ2) is 7.92. The molecule has 2 aliphatic heterocycles. The van der Waals surface area contributed by atoms with E-state index in [1.165, 1.54) is 0 Å². The van der Waals surface area contributed by atoms with Crippen molar-refractivity contribution in [3.63, 3.8) is 0 Å². The van der Waals surface area contributed by atoms with Crippen molar-refractivity contribution < 1.29 is 9.84 Å². The first-order valence-corrected chi connectivity index (χ1v) is 11.5. The molecule has 0 bridgehead atoms. The topological polar surface area (TPSA) is 115 Å². The largest absolute Gasteiger partial charge is 0.496 e. The molecule has 3 N–H and O–H groups in total. The van der Waals surface area contributed by atoms with Crippen LogP contribution in [0.15, 0.2) is 11.2 Å². The molecule has 3 aromatic heterocycles. The minimum Gasteiger partial charge on any atom is -0.496 e. The molecule has 0 aliphatic carbocycles. The van der Waals surface area contributed by atoms with Gasteiger partial charge in [-0.3, -0.25) is 9.88 Å². The third-order valence-corrected chi connectivity index (χ3v) is 7.37. The van der Waals surface area contributed by atoms with Crippen LogP contribution < -0.4 is 10.5 Å². The molecule has 1 saturated heterocycles. The van der Waals surface area contributed by atoms with Crippen molar-refractivity contribution in [1.82, 2.24) is 29.6 Å². The molecule has 164 valence electrons. The summed E-state index contributed by atoms with van der Waals surface area (Å²) in [5.74, 6) is 1.99. The quantitative estimate of drug-likeness (QED) is 0.582. The molecule has 0 radical (unpaired) electrons. The molecule has 5 rings (SSSR count). The summed E-state index contributed by atoms with van der Waals surface area (Å²) in [6.45, 7) is 6.11. The third-order valence-electron chi connectivity index (χ3n) is 6.25. The number of nitrogens with two attached hydrogens (primary N) is 1. The molecule has 5 heterocycles. The Morgan fingerprint density at radius 2 is 2.16 bits per heavy atom. The van der Waals surface area contributed by atoms with E-state index in [1.54, 1.807) is 18.9 Å². The summed E-state index contributed by atoms with van der Waals surface area (Å²) in [7, 11) is 1.68. The average molecular weight is 442 g/mol. The summed E-state index contributed by atoms with van der Waals surface area (Å²) in [6, 6.07) is 0.295. The zero-order chi connectivity index (χ0) is 21.7. The Labute approximate surface area is 185 Å². The molecule has 9 nitrogen and oxygen atoms in total. The molecule has 3 aromatic rings. The summed E-state index contributed by atoms with van der Waals surface area (Å²) < 4.78 is 7.45. The number of aryl methyl sites for hydroxylation is 1. The number of ether oxygens (including phenoxy) is 1. The first-order valence-electron chi connectivity index (χ1n) is 10.5. The fourth-order valence-electron chi connectivity index (χ4n) is 4.65. The van der Waals surface area contributed by atoms with Crippen molar-refractivity contribution in [1.29, 1.82) is 0 Å². The summed E-state index contributed by atoms with van der Waals surface area (Å²) in [6.07, 6.45) is 3.21. The molecule has 0 aromatic carbocycles. The van der Waals surface area contributed by atoms with Gasteiger partial charge in [0.1, 0.15) is 10.8 Å². The number of aliphatic hydroxyl groups excluding tert-OH is 1. The maximum absolute atomic E-state index is 10.00. The van der Waals surface area contributed by atoms with Crippen LogP contribution in [0.25, 0.3) is 11.0 Å². The summed E-state index contributed by atoms with van der Waals surface area (Å²) in [4.78, 5) is 16.1. The zero-order valence-electron chi connectivity index (χ0n) is 18.0. The number of aromatic nitrogens is 5. The number of β-amino-alcohol motifs (C(OH)–C–C–N with tert-alkyl or cyclic N) is 1. The van der Waals surface area contributed by atoms with Crippen molar-refractivity contribution in [2.24, 2.45) is 0 Å². The minimum absolute atomic E-state index is 0.241. The van der Waals surface area contributed by atoms with Crippen LogP contribution in [0.3, 0.4) is 0 Å². The first-order chi connectivity index (χ1) is 14.9. The second-order valence-electron chi connectivity index (χ2n) is 8.34. The van der Waals surface area contributed by atoms with E-state index in [0.29, 0.717) is 19.1 Å². The normalized spacial score (nSPS) is 21.5. The first kappa shape index (κ1) is 20.5. The molecule has 0 saturated carbocycles. The van der Waals surface area contributed by atoms with Gasteiger partial charge in [-0.15, -0.1) is 11.8 Å². The van der Waals surface area contributed by atoms with Crippen LogP contribution >= 0.6 is 11.8 Å². The van der Waals surface area contributed by atoms with Gasteiger partial charge in [0.05, 0.1) is 36.5 Å². The monoisotopic (exact) mass is 441 g/mol. The lowest BCUT2D eigenvalue weighted by Crippen LogP contribution is -2.37. The predicted molar refractivity (Wildman–Crippen MR) is 120 cm³/mol. The van der Waals surface area contributed by atoms with Gasteiger partial charge in [0.2, 0.25) is 5.95 Å². The molecule has 2 atom stereocenters. The maximum atomic E-state index is 10.00. The number of methoxy groups -OCH3 is 1. The van der Waals surface area contributed by atoms with Crippen LogP contribution in [0, 0.1) is 13.8 Å². The van der Waals surface area contributed by atoms with E-state index in [4.69, 9.17) is 15.6 Å². The highest BCUT2D eigenvalue weighted by Crippen LogP contribution is 2.35. The lowest BCUT2D eigenvalue weighted by molar-refractivity contribution is 0.163. The number of nitrogen functional groups attached to an aromatic ring is 1. The number of rotatable bonds is 4. The molecular formula is C21H27N7O2S. The molecule has 0 amide bonds. The molecule has 1 unspecified atom stereocenters. The van der Waals surface area contributed by atoms with Crippen molar-refractivity contribution in [2.75, 3.05) is 31.7 Å². The van der Waals surface area contributed by atoms with E-state index in [-0.39, 0.29) is 12.1 Å². The number of nitrogens with zero attached hydrogens (tertiary/aromatic N) is 6. The van der Waals surface area contributed by atoms with Gasteiger partial charge in [-0.25, -0.2) is 9.67 Å². The van der Waals surface area contributed by atoms with Crippen molar-refractivity contribution in [3.8, 4) is 5.75 Å². The smallest absolute Gasteiger partial charge is 0.223 e. The number of hydrogen-bond acceptors (Lipinski definition) is 9. The summed E-state index contributed by atoms with van der Waals surface area (Å²) in [5.41, 5.74) is 10.7. The Morgan fingerprint density at radius 1 is 1.32 bits per heavy atom. The summed E-state index contributed by atoms with van der Waals surface area (Å²) >= 11 is 1.70. The SMILES string of the molecule is COc1c(C)cnc(Cn2nc3c4c(nc(N)nc42)SCC(N2CC[C@@H](O)C2)C3)c1C. The Morgan fingerprint density at radius 3 is 2.90 bits per heavy atom. The van der Waals surface area contributed by atoms with Crippen LogP contribution in [0.5, 0.6) is 5.75 Å². The van der Waals surface area contributed by atoms with E-state index < -0.39 is 0 Å². The van der Waals surface area contributed by atoms with Gasteiger partial charge in [0.15, 0.2) is 5.65 Å². The van der Waals surface area contributed by atoms with Crippen molar-refractivity contribution >= 4 is 28.7 Å². The second-order valence-corrected chi connectivity index (χ2v) is 9.35. The Bertz CT molecular complexity index is 1150. The lowest BCUT2D eigenvalue weighted by atomic mass is 10.1. The maximum Gasteiger partial charge on any atom is 0.223 e. The zero-order valence-corrected chi connectivity index (χ0v) is 18.8. The average Bonchev–Trinajstić information content (AvgIpc) is 3.25. The molecule has 31 heavy (non-hydrogen) atoms. The van der Waals surface area contributed by atoms with Gasteiger partial charge < -0.3 is 15.6 Å². The van der Waals surface area contributed by atoms with E-state index in [0.717, 1.165) is 69.5 Å². The van der Waals surface area contributed by atoms with Gasteiger partial charge >= 0.3 is 0 Å². The Balaban J connectivity index is 1.55. The summed E-state index contributed by atoms with van der Waals surface area (Å²) in [5, 5.41) is 16.8. The van der Waals surface area contributed by atoms with Crippen LogP contribution in [0.4, 0.5) is 5.95 Å². The predicted octanol–water partition coefficient (Wildman–Crippen LogP) is 1.56. The van der Waals surface area contributed by atoms with Gasteiger partial charge in [0.25, 0.3) is 0 Å². The van der Waals surface area contributed by atoms with Crippen molar-refractivity contribution in [2.45, 2.75) is 50.4 Å². The number of anilines is 1. The van der Waals surface area contributed by atoms with Crippen molar-refractivity contribution in [3.05, 3.63) is 28.7 Å². The lowest BCUT2D eigenvalue weighted by Gasteiger charge is -2.25. The number of hydrogen-bond donors (Lipinski definition) is 2. The number of likely N-dealkylation sites (tertiary alicyclic amines) is 1. The molecule has 0 spiro atoms. The molecule has 10 heteroatoms.